The monoisotopic (exact) mass is 379 g/mol. The average molecular weight is 379 g/mol. The first-order valence-electron chi connectivity index (χ1n) is 8.87. The van der Waals surface area contributed by atoms with Gasteiger partial charge in [0.15, 0.2) is 0 Å². The molecule has 7 heteroatoms. The molecule has 0 radical (unpaired) electrons. The van der Waals surface area contributed by atoms with Crippen molar-refractivity contribution in [2.75, 3.05) is 12.4 Å². The largest absolute Gasteiger partial charge is 0.465 e. The maximum Gasteiger partial charge on any atom is 0.337 e. The van der Waals surface area contributed by atoms with Gasteiger partial charge in [0.25, 0.3) is 5.91 Å². The van der Waals surface area contributed by atoms with Gasteiger partial charge in [-0.05, 0) is 41.3 Å². The number of anilines is 1. The SMILES string of the molecule is COC(=O)c1ccc(C(=O)Nc2nnc(Cc3ccc(C(C)C)cc3)o2)cc1. The van der Waals surface area contributed by atoms with Gasteiger partial charge in [0.1, 0.15) is 0 Å². The molecule has 0 saturated carbocycles. The molecule has 1 heterocycles. The minimum Gasteiger partial charge on any atom is -0.465 e. The van der Waals surface area contributed by atoms with E-state index in [9.17, 15) is 9.59 Å². The third kappa shape index (κ3) is 4.62. The lowest BCUT2D eigenvalue weighted by molar-refractivity contribution is 0.0600. The first-order valence-corrected chi connectivity index (χ1v) is 8.87. The van der Waals surface area contributed by atoms with Crippen LogP contribution < -0.4 is 5.32 Å². The van der Waals surface area contributed by atoms with Crippen molar-refractivity contribution in [3.05, 3.63) is 76.7 Å². The Morgan fingerprint density at radius 3 is 2.25 bits per heavy atom. The molecule has 0 aliphatic rings. The lowest BCUT2D eigenvalue weighted by atomic mass is 10.0. The van der Waals surface area contributed by atoms with E-state index in [2.05, 4.69) is 46.2 Å². The van der Waals surface area contributed by atoms with Gasteiger partial charge in [-0.25, -0.2) is 4.79 Å². The van der Waals surface area contributed by atoms with Gasteiger partial charge in [0, 0.05) is 5.56 Å². The Morgan fingerprint density at radius 1 is 1.00 bits per heavy atom. The van der Waals surface area contributed by atoms with Gasteiger partial charge in [-0.2, -0.15) is 0 Å². The van der Waals surface area contributed by atoms with Crippen LogP contribution in [0.15, 0.2) is 52.9 Å². The van der Waals surface area contributed by atoms with Gasteiger partial charge in [-0.15, -0.1) is 5.10 Å². The summed E-state index contributed by atoms with van der Waals surface area (Å²) in [5, 5.41) is 10.4. The minimum absolute atomic E-state index is 0.0239. The molecular weight excluding hydrogens is 358 g/mol. The summed E-state index contributed by atoms with van der Waals surface area (Å²) in [5.41, 5.74) is 3.03. The molecule has 3 aromatic rings. The van der Waals surface area contributed by atoms with E-state index in [0.29, 0.717) is 29.4 Å². The predicted octanol–water partition coefficient (Wildman–Crippen LogP) is 3.82. The highest BCUT2D eigenvalue weighted by Gasteiger charge is 2.13. The Balaban J connectivity index is 1.62. The molecule has 1 aromatic heterocycles. The number of aromatic nitrogens is 2. The van der Waals surface area contributed by atoms with E-state index in [4.69, 9.17) is 4.42 Å². The van der Waals surface area contributed by atoms with Crippen LogP contribution >= 0.6 is 0 Å². The van der Waals surface area contributed by atoms with Crippen molar-refractivity contribution in [1.82, 2.24) is 10.2 Å². The standard InChI is InChI=1S/C21H21N3O4/c1-13(2)15-6-4-14(5-7-15)12-18-23-24-21(28-18)22-19(25)16-8-10-17(11-9-16)20(26)27-3/h4-11,13H,12H2,1-3H3,(H,22,24,25). The Hall–Kier alpha value is -3.48. The number of nitrogens with one attached hydrogen (secondary N) is 1. The van der Waals surface area contributed by atoms with Crippen LogP contribution in [0.3, 0.4) is 0 Å². The maximum absolute atomic E-state index is 12.3. The molecule has 0 aliphatic carbocycles. The Kier molecular flexibility index (Phi) is 5.84. The molecule has 0 fully saturated rings. The second-order valence-electron chi connectivity index (χ2n) is 6.60. The van der Waals surface area contributed by atoms with E-state index in [-0.39, 0.29) is 6.01 Å². The van der Waals surface area contributed by atoms with Crippen molar-refractivity contribution in [3.63, 3.8) is 0 Å². The lowest BCUT2D eigenvalue weighted by Crippen LogP contribution is -2.12. The highest BCUT2D eigenvalue weighted by Crippen LogP contribution is 2.17. The van der Waals surface area contributed by atoms with Gasteiger partial charge < -0.3 is 9.15 Å². The summed E-state index contributed by atoms with van der Waals surface area (Å²) in [7, 11) is 1.30. The van der Waals surface area contributed by atoms with E-state index in [1.807, 2.05) is 12.1 Å². The average Bonchev–Trinajstić information content (AvgIpc) is 3.14. The van der Waals surface area contributed by atoms with Gasteiger partial charge in [-0.3, -0.25) is 10.1 Å². The smallest absolute Gasteiger partial charge is 0.337 e. The van der Waals surface area contributed by atoms with E-state index >= 15 is 0 Å². The zero-order valence-electron chi connectivity index (χ0n) is 15.9. The highest BCUT2D eigenvalue weighted by atomic mass is 16.5. The quantitative estimate of drug-likeness (QED) is 0.654. The molecule has 0 atom stereocenters. The summed E-state index contributed by atoms with van der Waals surface area (Å²) in [4.78, 5) is 23.7. The van der Waals surface area contributed by atoms with Crippen LogP contribution in [0, 0.1) is 0 Å². The van der Waals surface area contributed by atoms with Crippen LogP contribution in [0.2, 0.25) is 0 Å². The number of nitrogens with zero attached hydrogens (tertiary/aromatic N) is 2. The predicted molar refractivity (Wildman–Crippen MR) is 103 cm³/mol. The first kappa shape index (κ1) is 19.3. The number of hydrogen-bond donors (Lipinski definition) is 1. The Morgan fingerprint density at radius 2 is 1.64 bits per heavy atom. The minimum atomic E-state index is -0.463. The second-order valence-corrected chi connectivity index (χ2v) is 6.60. The number of ether oxygens (including phenoxy) is 1. The third-order valence-corrected chi connectivity index (χ3v) is 4.26. The Bertz CT molecular complexity index is 960. The third-order valence-electron chi connectivity index (χ3n) is 4.26. The topological polar surface area (TPSA) is 94.3 Å². The van der Waals surface area contributed by atoms with Gasteiger partial charge in [-0.1, -0.05) is 43.2 Å². The summed E-state index contributed by atoms with van der Waals surface area (Å²) < 4.78 is 10.1. The van der Waals surface area contributed by atoms with Crippen molar-refractivity contribution in [2.45, 2.75) is 26.2 Å². The van der Waals surface area contributed by atoms with Gasteiger partial charge >= 0.3 is 12.0 Å². The number of methoxy groups -OCH3 is 1. The molecule has 0 unspecified atom stereocenters. The van der Waals surface area contributed by atoms with Gasteiger partial charge in [0.05, 0.1) is 19.1 Å². The van der Waals surface area contributed by atoms with Crippen LogP contribution in [0.4, 0.5) is 6.01 Å². The molecule has 0 saturated heterocycles. The Labute approximate surface area is 162 Å². The molecule has 7 nitrogen and oxygen atoms in total. The number of hydrogen-bond acceptors (Lipinski definition) is 6. The van der Waals surface area contributed by atoms with Crippen molar-refractivity contribution in [3.8, 4) is 0 Å². The molecule has 1 N–H and O–H groups in total. The van der Waals surface area contributed by atoms with Crippen molar-refractivity contribution >= 4 is 17.9 Å². The molecule has 0 aliphatic heterocycles. The number of amides is 1. The molecule has 0 spiro atoms. The number of esters is 1. The van der Waals surface area contributed by atoms with Crippen molar-refractivity contribution < 1.29 is 18.7 Å². The molecule has 3 rings (SSSR count). The van der Waals surface area contributed by atoms with Crippen LogP contribution in [0.5, 0.6) is 0 Å². The van der Waals surface area contributed by atoms with E-state index in [1.165, 1.54) is 36.9 Å². The van der Waals surface area contributed by atoms with Crippen molar-refractivity contribution in [2.24, 2.45) is 0 Å². The zero-order chi connectivity index (χ0) is 20.1. The molecule has 0 bridgehead atoms. The van der Waals surface area contributed by atoms with Crippen LogP contribution in [0.25, 0.3) is 0 Å². The fraction of sp³-hybridized carbons (Fsp3) is 0.238. The zero-order valence-corrected chi connectivity index (χ0v) is 15.9. The molecule has 2 aromatic carbocycles. The second kappa shape index (κ2) is 8.47. The highest BCUT2D eigenvalue weighted by molar-refractivity contribution is 6.03. The number of benzene rings is 2. The summed E-state index contributed by atoms with van der Waals surface area (Å²) in [5.74, 6) is 0.0115. The fourth-order valence-corrected chi connectivity index (χ4v) is 2.62. The van der Waals surface area contributed by atoms with E-state index < -0.39 is 11.9 Å². The van der Waals surface area contributed by atoms with Crippen LogP contribution in [0.1, 0.15) is 57.5 Å². The van der Waals surface area contributed by atoms with E-state index in [0.717, 1.165) is 5.56 Å². The summed E-state index contributed by atoms with van der Waals surface area (Å²) in [6.07, 6.45) is 0.481. The number of carbonyl (C=O) groups is 2. The van der Waals surface area contributed by atoms with Crippen LogP contribution in [-0.2, 0) is 11.2 Å². The number of rotatable bonds is 6. The van der Waals surface area contributed by atoms with Gasteiger partial charge in [0.2, 0.25) is 5.89 Å². The molecule has 144 valence electrons. The first-order chi connectivity index (χ1) is 13.5. The number of carbonyl (C=O) groups excluding carboxylic acids is 2. The normalized spacial score (nSPS) is 10.7. The maximum atomic E-state index is 12.3. The summed E-state index contributed by atoms with van der Waals surface area (Å²) in [6, 6.07) is 14.3. The molecule has 1 amide bonds. The summed E-state index contributed by atoms with van der Waals surface area (Å²) in [6.45, 7) is 4.29. The van der Waals surface area contributed by atoms with E-state index in [1.54, 1.807) is 0 Å². The lowest BCUT2D eigenvalue weighted by Gasteiger charge is -2.05. The molecular formula is C21H21N3O4. The molecule has 28 heavy (non-hydrogen) atoms. The van der Waals surface area contributed by atoms with Crippen LogP contribution in [-0.4, -0.2) is 29.2 Å². The van der Waals surface area contributed by atoms with Crippen molar-refractivity contribution in [1.29, 1.82) is 0 Å². The summed E-state index contributed by atoms with van der Waals surface area (Å²) >= 11 is 0. The fourth-order valence-electron chi connectivity index (χ4n) is 2.62.